The van der Waals surface area contributed by atoms with Crippen molar-refractivity contribution < 1.29 is 24.6 Å². The number of nitrogen functional groups attached to an aromatic ring is 1. The molecule has 8 heteroatoms. The van der Waals surface area contributed by atoms with Crippen molar-refractivity contribution in [1.29, 1.82) is 0 Å². The van der Waals surface area contributed by atoms with Crippen LogP contribution in [0.3, 0.4) is 0 Å². The van der Waals surface area contributed by atoms with Crippen molar-refractivity contribution in [3.05, 3.63) is 53.4 Å². The van der Waals surface area contributed by atoms with E-state index in [1.807, 2.05) is 0 Å². The first-order chi connectivity index (χ1) is 12.9. The smallest absolute Gasteiger partial charge is 0.239 e. The average molecular weight is 368 g/mol. The van der Waals surface area contributed by atoms with Crippen molar-refractivity contribution in [2.75, 3.05) is 24.1 Å². The summed E-state index contributed by atoms with van der Waals surface area (Å²) in [5, 5.41) is 25.7. The van der Waals surface area contributed by atoms with Crippen LogP contribution in [0, 0.1) is 6.92 Å². The monoisotopic (exact) mass is 368 g/mol. The van der Waals surface area contributed by atoms with Gasteiger partial charge in [0.2, 0.25) is 17.5 Å². The van der Waals surface area contributed by atoms with Crippen molar-refractivity contribution in [1.82, 2.24) is 5.32 Å². The van der Waals surface area contributed by atoms with Crippen LogP contribution >= 0.6 is 0 Å². The van der Waals surface area contributed by atoms with Gasteiger partial charge in [-0.05, 0) is 24.3 Å². The molecule has 0 aromatic heterocycles. The van der Waals surface area contributed by atoms with E-state index in [1.165, 1.54) is 24.3 Å². The van der Waals surface area contributed by atoms with E-state index in [9.17, 15) is 24.6 Å². The van der Waals surface area contributed by atoms with Gasteiger partial charge in [0.05, 0.1) is 42.3 Å². The highest BCUT2D eigenvalue weighted by Gasteiger charge is 2.37. The minimum Gasteiger partial charge on any atom is -0.507 e. The van der Waals surface area contributed by atoms with Crippen LogP contribution in [-0.4, -0.2) is 40.8 Å². The molecule has 3 rings (SSSR count). The number of amides is 1. The van der Waals surface area contributed by atoms with Crippen molar-refractivity contribution in [2.24, 2.45) is 0 Å². The number of ketones is 2. The Morgan fingerprint density at radius 2 is 1.56 bits per heavy atom. The zero-order valence-electron chi connectivity index (χ0n) is 14.3. The zero-order chi connectivity index (χ0) is 19.7. The molecule has 8 nitrogen and oxygen atoms in total. The van der Waals surface area contributed by atoms with Crippen LogP contribution < -0.4 is 16.4 Å². The van der Waals surface area contributed by atoms with Crippen LogP contribution in [0.5, 0.6) is 11.5 Å². The Bertz CT molecular complexity index is 968. The third kappa shape index (κ3) is 3.01. The van der Waals surface area contributed by atoms with Crippen molar-refractivity contribution in [3.63, 3.8) is 0 Å². The third-order valence-electron chi connectivity index (χ3n) is 4.25. The molecule has 0 aliphatic heterocycles. The highest BCUT2D eigenvalue weighted by Crippen LogP contribution is 2.41. The largest absolute Gasteiger partial charge is 0.507 e. The lowest BCUT2D eigenvalue weighted by Crippen LogP contribution is -2.31. The van der Waals surface area contributed by atoms with Gasteiger partial charge in [0.1, 0.15) is 17.9 Å². The van der Waals surface area contributed by atoms with E-state index in [4.69, 9.17) is 5.73 Å². The molecule has 6 N–H and O–H groups in total. The first-order valence-electron chi connectivity index (χ1n) is 8.23. The molecular weight excluding hydrogens is 350 g/mol. The SMILES string of the molecule is [CH2+]CCNC(=O)CNc1ccc(O)c2c1C(=O)c1c(O)ccc(N)c1C2=O. The van der Waals surface area contributed by atoms with E-state index in [2.05, 4.69) is 17.6 Å². The molecule has 0 heterocycles. The van der Waals surface area contributed by atoms with E-state index in [0.29, 0.717) is 13.0 Å². The number of nitrogens with one attached hydrogen (secondary N) is 2. The molecule has 2 aromatic rings. The Hall–Kier alpha value is -3.68. The summed E-state index contributed by atoms with van der Waals surface area (Å²) < 4.78 is 0. The normalized spacial score (nSPS) is 12.3. The van der Waals surface area contributed by atoms with E-state index in [1.54, 1.807) is 0 Å². The lowest BCUT2D eigenvalue weighted by Gasteiger charge is -2.23. The van der Waals surface area contributed by atoms with Gasteiger partial charge >= 0.3 is 0 Å². The number of anilines is 2. The Kier molecular flexibility index (Phi) is 4.64. The first kappa shape index (κ1) is 18.1. The maximum absolute atomic E-state index is 13.0. The Balaban J connectivity index is 2.06. The molecule has 0 spiro atoms. The molecule has 0 radical (unpaired) electrons. The van der Waals surface area contributed by atoms with Gasteiger partial charge in [-0.25, -0.2) is 0 Å². The standard InChI is InChI=1S/C19H17N3O5/c1-2-7-21-13(25)8-22-10-4-6-12(24)17-15(10)19(27)16-11(23)5-3-9(20)14(16)18(17)26/h3-6H,1-2,7-8H2,(H5-,20,21,22,23,24,25,26,27)/p+1. The lowest BCUT2D eigenvalue weighted by molar-refractivity contribution is -0.119. The molecule has 0 unspecified atom stereocenters. The number of phenolic OH excluding ortho intramolecular Hbond substituents is 2. The van der Waals surface area contributed by atoms with Gasteiger partial charge in [-0.15, -0.1) is 0 Å². The summed E-state index contributed by atoms with van der Waals surface area (Å²) in [6.45, 7) is 3.88. The topological polar surface area (TPSA) is 142 Å². The fraction of sp³-hybridized carbons (Fsp3) is 0.158. The Labute approximate surface area is 155 Å². The molecule has 27 heavy (non-hydrogen) atoms. The molecule has 1 amide bonds. The second kappa shape index (κ2) is 6.91. The number of hydrogen-bond acceptors (Lipinski definition) is 7. The molecule has 0 fully saturated rings. The highest BCUT2D eigenvalue weighted by atomic mass is 16.3. The molecule has 1 aliphatic carbocycles. The van der Waals surface area contributed by atoms with Crippen molar-refractivity contribution in [2.45, 2.75) is 6.42 Å². The minimum absolute atomic E-state index is 0.0251. The van der Waals surface area contributed by atoms with Gasteiger partial charge < -0.3 is 26.6 Å². The Morgan fingerprint density at radius 1 is 0.963 bits per heavy atom. The predicted molar refractivity (Wildman–Crippen MR) is 99.0 cm³/mol. The molecule has 0 atom stereocenters. The van der Waals surface area contributed by atoms with Gasteiger partial charge in [0, 0.05) is 11.4 Å². The highest BCUT2D eigenvalue weighted by molar-refractivity contribution is 6.33. The summed E-state index contributed by atoms with van der Waals surface area (Å²) >= 11 is 0. The number of carbonyl (C=O) groups is 3. The van der Waals surface area contributed by atoms with Crippen molar-refractivity contribution >= 4 is 28.8 Å². The summed E-state index contributed by atoms with van der Waals surface area (Å²) in [6, 6.07) is 5.19. The van der Waals surface area contributed by atoms with E-state index < -0.39 is 11.6 Å². The van der Waals surface area contributed by atoms with E-state index >= 15 is 0 Å². The van der Waals surface area contributed by atoms with Crippen LogP contribution in [0.1, 0.15) is 38.3 Å². The molecule has 0 saturated carbocycles. The molecule has 1 aliphatic rings. The second-order valence-electron chi connectivity index (χ2n) is 6.02. The first-order valence-corrected chi connectivity index (χ1v) is 8.23. The summed E-state index contributed by atoms with van der Waals surface area (Å²) in [5.41, 5.74) is 5.34. The number of rotatable bonds is 5. The zero-order valence-corrected chi connectivity index (χ0v) is 14.3. The number of benzene rings is 2. The summed E-state index contributed by atoms with van der Waals surface area (Å²) in [7, 11) is 0. The number of aromatic hydroxyl groups is 2. The van der Waals surface area contributed by atoms with E-state index in [0.717, 1.165) is 0 Å². The maximum atomic E-state index is 13.0. The lowest BCUT2D eigenvalue weighted by atomic mass is 9.81. The van der Waals surface area contributed by atoms with Gasteiger partial charge in [-0.3, -0.25) is 14.4 Å². The summed E-state index contributed by atoms with van der Waals surface area (Å²) in [5.74, 6) is -2.42. The summed E-state index contributed by atoms with van der Waals surface area (Å²) in [4.78, 5) is 37.6. The summed E-state index contributed by atoms with van der Waals surface area (Å²) in [6.07, 6.45) is 0.533. The fourth-order valence-electron chi connectivity index (χ4n) is 3.00. The molecule has 0 saturated heterocycles. The predicted octanol–water partition coefficient (Wildman–Crippen LogP) is 1.21. The fourth-order valence-corrected chi connectivity index (χ4v) is 3.00. The van der Waals surface area contributed by atoms with Crippen LogP contribution in [0.4, 0.5) is 11.4 Å². The van der Waals surface area contributed by atoms with Crippen LogP contribution in [0.2, 0.25) is 0 Å². The van der Waals surface area contributed by atoms with E-state index in [-0.39, 0.29) is 57.6 Å². The van der Waals surface area contributed by atoms with Crippen LogP contribution in [-0.2, 0) is 4.79 Å². The second-order valence-corrected chi connectivity index (χ2v) is 6.02. The van der Waals surface area contributed by atoms with Gasteiger partial charge in [0.15, 0.2) is 0 Å². The van der Waals surface area contributed by atoms with Gasteiger partial charge in [0.25, 0.3) is 0 Å². The minimum atomic E-state index is -0.671. The third-order valence-corrected chi connectivity index (χ3v) is 4.25. The molecule has 2 aromatic carbocycles. The molecular formula is C19H18N3O5+. The molecule has 0 bridgehead atoms. The van der Waals surface area contributed by atoms with Crippen LogP contribution in [0.25, 0.3) is 0 Å². The number of fused-ring (bicyclic) bond motifs is 2. The van der Waals surface area contributed by atoms with Gasteiger partial charge in [-0.1, -0.05) is 0 Å². The maximum Gasteiger partial charge on any atom is 0.239 e. The van der Waals surface area contributed by atoms with Crippen LogP contribution in [0.15, 0.2) is 24.3 Å². The van der Waals surface area contributed by atoms with Crippen molar-refractivity contribution in [3.8, 4) is 11.5 Å². The number of carbonyl (C=O) groups excluding carboxylic acids is 3. The molecule has 138 valence electrons. The average Bonchev–Trinajstić information content (AvgIpc) is 2.64. The van der Waals surface area contributed by atoms with Gasteiger partial charge in [-0.2, -0.15) is 0 Å². The Morgan fingerprint density at radius 3 is 2.22 bits per heavy atom. The number of hydrogen-bond donors (Lipinski definition) is 5. The number of phenols is 2. The quantitative estimate of drug-likeness (QED) is 0.259. The number of nitrogens with two attached hydrogens (primary N) is 1.